The van der Waals surface area contributed by atoms with E-state index in [4.69, 9.17) is 4.74 Å². The quantitative estimate of drug-likeness (QED) is 0.428. The number of rotatable bonds is 9. The highest BCUT2D eigenvalue weighted by Crippen LogP contribution is 2.27. The average molecular weight is 465 g/mol. The van der Waals surface area contributed by atoms with Crippen molar-refractivity contribution < 1.29 is 24.5 Å². The van der Waals surface area contributed by atoms with E-state index < -0.39 is 18.2 Å². The molecule has 0 radical (unpaired) electrons. The molecule has 0 unspecified atom stereocenters. The third kappa shape index (κ3) is 5.91. The molecule has 7 nitrogen and oxygen atoms in total. The molecule has 0 aliphatic carbocycles. The molecule has 1 aromatic heterocycles. The molecular weight excluding hydrogens is 432 g/mol. The maximum Gasteiger partial charge on any atom is 0.354 e. The van der Waals surface area contributed by atoms with Crippen LogP contribution in [0, 0.1) is 0 Å². The average Bonchev–Trinajstić information content (AvgIpc) is 3.14. The Kier molecular flexibility index (Phi) is 7.89. The number of hydrogen-bond donors (Lipinski definition) is 2. The van der Waals surface area contributed by atoms with Gasteiger partial charge >= 0.3 is 11.9 Å². The number of aliphatic hydroxyl groups is 1. The fourth-order valence-corrected chi connectivity index (χ4v) is 3.82. The van der Waals surface area contributed by atoms with Gasteiger partial charge in [-0.15, -0.1) is 0 Å². The van der Waals surface area contributed by atoms with Crippen molar-refractivity contribution in [2.24, 2.45) is 0 Å². The molecule has 2 aromatic carbocycles. The van der Waals surface area contributed by atoms with E-state index >= 15 is 0 Å². The molecule has 0 saturated heterocycles. The largest absolute Gasteiger partial charge is 0.477 e. The van der Waals surface area contributed by atoms with Crippen LogP contribution in [0.1, 0.15) is 78.5 Å². The van der Waals surface area contributed by atoms with Crippen LogP contribution in [0.5, 0.6) is 0 Å². The number of carboxylic acid groups (broad SMARTS) is 1. The van der Waals surface area contributed by atoms with Crippen molar-refractivity contribution in [3.8, 4) is 11.1 Å². The highest BCUT2D eigenvalue weighted by molar-refractivity contribution is 5.97. The van der Waals surface area contributed by atoms with Gasteiger partial charge in [0.25, 0.3) is 0 Å². The standard InChI is InChI=1S/C27H32N2O5/c1-5-6-11-23-28-22(17-30)24(25(31)32)29(23)16-18-12-14-19(15-13-18)20-9-7-8-10-21(20)26(33)34-27(2,3)4/h7-10,12-15,30H,5-6,11,16-17H2,1-4H3,(H,31,32). The minimum absolute atomic E-state index is 0.0213. The lowest BCUT2D eigenvalue weighted by Crippen LogP contribution is -2.24. The molecule has 0 aliphatic rings. The van der Waals surface area contributed by atoms with Gasteiger partial charge < -0.3 is 19.5 Å². The van der Waals surface area contributed by atoms with E-state index in [0.717, 1.165) is 29.5 Å². The molecule has 7 heteroatoms. The van der Waals surface area contributed by atoms with Crippen LogP contribution < -0.4 is 0 Å². The molecule has 0 atom stereocenters. The Morgan fingerprint density at radius 3 is 2.32 bits per heavy atom. The van der Waals surface area contributed by atoms with Gasteiger partial charge in [-0.1, -0.05) is 55.8 Å². The molecule has 0 spiro atoms. The molecular formula is C27H32N2O5. The van der Waals surface area contributed by atoms with Crippen molar-refractivity contribution in [2.75, 3.05) is 0 Å². The summed E-state index contributed by atoms with van der Waals surface area (Å²) in [6.07, 6.45) is 2.47. The number of benzene rings is 2. The zero-order valence-corrected chi connectivity index (χ0v) is 20.2. The Labute approximate surface area is 200 Å². The number of aliphatic hydroxyl groups excluding tert-OH is 1. The molecule has 3 rings (SSSR count). The van der Waals surface area contributed by atoms with Crippen LogP contribution in [-0.4, -0.2) is 37.3 Å². The number of nitrogens with zero attached hydrogens (tertiary/aromatic N) is 2. The highest BCUT2D eigenvalue weighted by atomic mass is 16.6. The van der Waals surface area contributed by atoms with E-state index in [2.05, 4.69) is 11.9 Å². The van der Waals surface area contributed by atoms with Crippen molar-refractivity contribution in [1.82, 2.24) is 9.55 Å². The number of aromatic carboxylic acids is 1. The predicted molar refractivity (Wildman–Crippen MR) is 130 cm³/mol. The molecule has 0 fully saturated rings. The van der Waals surface area contributed by atoms with Crippen LogP contribution in [0.4, 0.5) is 0 Å². The van der Waals surface area contributed by atoms with E-state index in [-0.39, 0.29) is 17.4 Å². The summed E-state index contributed by atoms with van der Waals surface area (Å²) < 4.78 is 7.23. The van der Waals surface area contributed by atoms with Crippen molar-refractivity contribution in [3.63, 3.8) is 0 Å². The zero-order chi connectivity index (χ0) is 24.9. The Morgan fingerprint density at radius 1 is 1.06 bits per heavy atom. The first kappa shape index (κ1) is 25.2. The maximum absolute atomic E-state index is 12.7. The SMILES string of the molecule is CCCCc1nc(CO)c(C(=O)O)n1Cc1ccc(-c2ccccc2C(=O)OC(C)(C)C)cc1. The summed E-state index contributed by atoms with van der Waals surface area (Å²) in [6, 6.07) is 15.0. The molecule has 180 valence electrons. The number of hydrogen-bond acceptors (Lipinski definition) is 5. The van der Waals surface area contributed by atoms with E-state index in [1.165, 1.54) is 0 Å². The Balaban J connectivity index is 1.92. The van der Waals surface area contributed by atoms with Crippen molar-refractivity contribution in [3.05, 3.63) is 76.9 Å². The Morgan fingerprint density at radius 2 is 1.74 bits per heavy atom. The second kappa shape index (κ2) is 10.7. The zero-order valence-electron chi connectivity index (χ0n) is 20.2. The molecule has 3 aromatic rings. The number of carbonyl (C=O) groups is 2. The second-order valence-corrected chi connectivity index (χ2v) is 9.22. The second-order valence-electron chi connectivity index (χ2n) is 9.22. The lowest BCUT2D eigenvalue weighted by atomic mass is 9.98. The van der Waals surface area contributed by atoms with Gasteiger partial charge in [0.05, 0.1) is 17.9 Å². The first-order chi connectivity index (χ1) is 16.1. The molecule has 0 aliphatic heterocycles. The van der Waals surface area contributed by atoms with Gasteiger partial charge in [-0.25, -0.2) is 14.6 Å². The van der Waals surface area contributed by atoms with E-state index in [1.807, 2.05) is 57.2 Å². The maximum atomic E-state index is 12.7. The number of unbranched alkanes of at least 4 members (excludes halogenated alkanes) is 1. The van der Waals surface area contributed by atoms with E-state index in [9.17, 15) is 19.8 Å². The van der Waals surface area contributed by atoms with E-state index in [0.29, 0.717) is 24.4 Å². The van der Waals surface area contributed by atoms with Crippen LogP contribution in [0.15, 0.2) is 48.5 Å². The van der Waals surface area contributed by atoms with Crippen LogP contribution in [-0.2, 0) is 24.3 Å². The molecule has 0 saturated carbocycles. The third-order valence-electron chi connectivity index (χ3n) is 5.38. The van der Waals surface area contributed by atoms with Gasteiger partial charge in [-0.3, -0.25) is 0 Å². The van der Waals surface area contributed by atoms with Crippen LogP contribution in [0.25, 0.3) is 11.1 Å². The van der Waals surface area contributed by atoms with Gasteiger partial charge in [0.2, 0.25) is 0 Å². The lowest BCUT2D eigenvalue weighted by molar-refractivity contribution is 0.00702. The number of carbonyl (C=O) groups excluding carboxylic acids is 1. The third-order valence-corrected chi connectivity index (χ3v) is 5.38. The monoisotopic (exact) mass is 464 g/mol. The molecule has 0 amide bonds. The van der Waals surface area contributed by atoms with Crippen LogP contribution in [0.3, 0.4) is 0 Å². The smallest absolute Gasteiger partial charge is 0.354 e. The molecule has 1 heterocycles. The Hall–Kier alpha value is -3.45. The number of ether oxygens (including phenoxy) is 1. The van der Waals surface area contributed by atoms with Crippen molar-refractivity contribution in [1.29, 1.82) is 0 Å². The van der Waals surface area contributed by atoms with E-state index in [1.54, 1.807) is 16.7 Å². The van der Waals surface area contributed by atoms with Gasteiger partial charge in [-0.2, -0.15) is 0 Å². The fourth-order valence-electron chi connectivity index (χ4n) is 3.82. The number of carboxylic acids is 1. The lowest BCUT2D eigenvalue weighted by Gasteiger charge is -2.20. The minimum Gasteiger partial charge on any atom is -0.477 e. The number of esters is 1. The fraction of sp³-hybridized carbons (Fsp3) is 0.370. The first-order valence-corrected chi connectivity index (χ1v) is 11.5. The van der Waals surface area contributed by atoms with Crippen molar-refractivity contribution >= 4 is 11.9 Å². The summed E-state index contributed by atoms with van der Waals surface area (Å²) >= 11 is 0. The number of aryl methyl sites for hydroxylation is 1. The Bertz CT molecular complexity index is 1160. The number of aromatic nitrogens is 2. The molecule has 0 bridgehead atoms. The first-order valence-electron chi connectivity index (χ1n) is 11.5. The summed E-state index contributed by atoms with van der Waals surface area (Å²) in [4.78, 5) is 29.0. The normalized spacial score (nSPS) is 11.4. The van der Waals surface area contributed by atoms with Gasteiger partial charge in [0.1, 0.15) is 11.4 Å². The van der Waals surface area contributed by atoms with Crippen LogP contribution in [0.2, 0.25) is 0 Å². The topological polar surface area (TPSA) is 102 Å². The molecule has 34 heavy (non-hydrogen) atoms. The highest BCUT2D eigenvalue weighted by Gasteiger charge is 2.23. The predicted octanol–water partition coefficient (Wildman–Crippen LogP) is 5.09. The molecule has 2 N–H and O–H groups in total. The van der Waals surface area contributed by atoms with Crippen molar-refractivity contribution in [2.45, 2.75) is 65.7 Å². The summed E-state index contributed by atoms with van der Waals surface area (Å²) in [7, 11) is 0. The van der Waals surface area contributed by atoms with Crippen LogP contribution >= 0.6 is 0 Å². The number of imidazole rings is 1. The summed E-state index contributed by atoms with van der Waals surface area (Å²) in [6.45, 7) is 7.46. The summed E-state index contributed by atoms with van der Waals surface area (Å²) in [5, 5.41) is 19.4. The summed E-state index contributed by atoms with van der Waals surface area (Å²) in [5.41, 5.74) is 2.61. The van der Waals surface area contributed by atoms with Gasteiger partial charge in [-0.05, 0) is 49.9 Å². The van der Waals surface area contributed by atoms with Gasteiger partial charge in [0.15, 0.2) is 5.69 Å². The van der Waals surface area contributed by atoms with Gasteiger partial charge in [0, 0.05) is 13.0 Å². The minimum atomic E-state index is -1.11. The summed E-state index contributed by atoms with van der Waals surface area (Å²) in [5.74, 6) is -0.835.